The Morgan fingerprint density at radius 2 is 1.57 bits per heavy atom. The third-order valence-corrected chi connectivity index (χ3v) is 7.05. The molecule has 0 unspecified atom stereocenters. The fourth-order valence-electron chi connectivity index (χ4n) is 1.35. The zero-order chi connectivity index (χ0) is 16.7. The lowest BCUT2D eigenvalue weighted by Gasteiger charge is -2.43. The fourth-order valence-corrected chi connectivity index (χ4v) is 2.24. The summed E-state index contributed by atoms with van der Waals surface area (Å²) in [5.41, 5.74) is -0.431. The summed E-state index contributed by atoms with van der Waals surface area (Å²) in [5, 5.41) is 2.77. The predicted octanol–water partition coefficient (Wildman–Crippen LogP) is 4.48. The Hall–Kier alpha value is -0.420. The SMILES string of the molecule is CC(C)(C)OC(=O)NCCCCCOS(C)(C)C(C)(C)C. The third-order valence-electron chi connectivity index (χ3n) is 3.34. The van der Waals surface area contributed by atoms with Crippen LogP contribution in [0.25, 0.3) is 0 Å². The summed E-state index contributed by atoms with van der Waals surface area (Å²) in [6.07, 6.45) is 7.14. The van der Waals surface area contributed by atoms with E-state index in [1.54, 1.807) is 0 Å². The van der Waals surface area contributed by atoms with Gasteiger partial charge in [0.25, 0.3) is 0 Å². The maximum Gasteiger partial charge on any atom is 0.407 e. The molecule has 0 aromatic rings. The first kappa shape index (κ1) is 20.6. The highest BCUT2D eigenvalue weighted by Gasteiger charge is 2.28. The number of unbranched alkanes of at least 4 members (excludes halogenated alkanes) is 2. The van der Waals surface area contributed by atoms with E-state index in [-0.39, 0.29) is 10.8 Å². The maximum absolute atomic E-state index is 11.4. The van der Waals surface area contributed by atoms with E-state index in [4.69, 9.17) is 8.92 Å². The van der Waals surface area contributed by atoms with Crippen molar-refractivity contribution < 1.29 is 13.7 Å². The summed E-state index contributed by atoms with van der Waals surface area (Å²) in [4.78, 5) is 11.4. The van der Waals surface area contributed by atoms with E-state index in [9.17, 15) is 4.79 Å². The quantitative estimate of drug-likeness (QED) is 0.703. The molecule has 21 heavy (non-hydrogen) atoms. The Balaban J connectivity index is 3.64. The summed E-state index contributed by atoms with van der Waals surface area (Å²) in [7, 11) is -1.01. The number of rotatable bonds is 7. The van der Waals surface area contributed by atoms with Crippen LogP contribution in [-0.2, 0) is 8.92 Å². The number of nitrogens with one attached hydrogen (secondary N) is 1. The molecule has 0 spiro atoms. The Labute approximate surface area is 132 Å². The maximum atomic E-state index is 11.4. The van der Waals surface area contributed by atoms with Gasteiger partial charge in [-0.3, -0.25) is 0 Å². The minimum Gasteiger partial charge on any atom is -0.444 e. The standard InChI is InChI=1S/C16H35NO3S/c1-15(2,3)20-14(18)17-12-10-9-11-13-19-21(7,8)16(4,5)6/h9-13H2,1-8H3,(H,17,18). The fraction of sp³-hybridized carbons (Fsp3) is 0.938. The first-order valence-electron chi connectivity index (χ1n) is 7.69. The van der Waals surface area contributed by atoms with Gasteiger partial charge in [-0.2, -0.15) is 0 Å². The molecule has 1 amide bonds. The smallest absolute Gasteiger partial charge is 0.407 e. The Bertz CT molecular complexity index is 316. The topological polar surface area (TPSA) is 47.6 Å². The van der Waals surface area contributed by atoms with E-state index >= 15 is 0 Å². The lowest BCUT2D eigenvalue weighted by Crippen LogP contribution is -2.33. The van der Waals surface area contributed by atoms with E-state index in [2.05, 4.69) is 38.6 Å². The van der Waals surface area contributed by atoms with Crippen LogP contribution in [0.5, 0.6) is 0 Å². The molecule has 0 aliphatic rings. The van der Waals surface area contributed by atoms with Gasteiger partial charge in [-0.15, -0.1) is 10.3 Å². The summed E-state index contributed by atoms with van der Waals surface area (Å²) in [6.45, 7) is 13.7. The molecule has 0 atom stereocenters. The molecule has 0 rings (SSSR count). The molecule has 0 aliphatic carbocycles. The molecule has 0 aromatic carbocycles. The van der Waals surface area contributed by atoms with E-state index < -0.39 is 15.9 Å². The van der Waals surface area contributed by atoms with Gasteiger partial charge < -0.3 is 14.2 Å². The first-order valence-corrected chi connectivity index (χ1v) is 10.1. The molecule has 5 heteroatoms. The van der Waals surface area contributed by atoms with Crippen molar-refractivity contribution in [3.63, 3.8) is 0 Å². The molecule has 0 saturated heterocycles. The van der Waals surface area contributed by atoms with Crippen LogP contribution in [0.15, 0.2) is 0 Å². The summed E-state index contributed by atoms with van der Waals surface area (Å²) >= 11 is 0. The van der Waals surface area contributed by atoms with Crippen LogP contribution in [0.1, 0.15) is 60.8 Å². The van der Waals surface area contributed by atoms with Crippen LogP contribution in [0, 0.1) is 0 Å². The van der Waals surface area contributed by atoms with Crippen LogP contribution < -0.4 is 5.32 Å². The van der Waals surface area contributed by atoms with Gasteiger partial charge in [-0.05, 0) is 52.5 Å². The van der Waals surface area contributed by atoms with Gasteiger partial charge >= 0.3 is 6.09 Å². The molecule has 0 bridgehead atoms. The van der Waals surface area contributed by atoms with Gasteiger partial charge in [0.2, 0.25) is 0 Å². The highest BCUT2D eigenvalue weighted by molar-refractivity contribution is 8.29. The van der Waals surface area contributed by atoms with Crippen molar-refractivity contribution in [2.45, 2.75) is 71.2 Å². The van der Waals surface area contributed by atoms with Crippen LogP contribution in [-0.4, -0.2) is 42.1 Å². The normalized spacial score (nSPS) is 13.9. The monoisotopic (exact) mass is 321 g/mol. The van der Waals surface area contributed by atoms with Crippen LogP contribution >= 0.6 is 10.3 Å². The lowest BCUT2D eigenvalue weighted by molar-refractivity contribution is 0.0527. The van der Waals surface area contributed by atoms with E-state index in [0.29, 0.717) is 6.54 Å². The van der Waals surface area contributed by atoms with E-state index in [1.165, 1.54) is 0 Å². The van der Waals surface area contributed by atoms with Crippen molar-refractivity contribution >= 4 is 16.4 Å². The molecule has 0 aromatic heterocycles. The van der Waals surface area contributed by atoms with Gasteiger partial charge in [0.05, 0.1) is 6.61 Å². The zero-order valence-electron chi connectivity index (χ0n) is 15.2. The number of hydrogen-bond donors (Lipinski definition) is 1. The van der Waals surface area contributed by atoms with Crippen molar-refractivity contribution in [1.29, 1.82) is 0 Å². The van der Waals surface area contributed by atoms with E-state index in [1.807, 2.05) is 20.8 Å². The van der Waals surface area contributed by atoms with Crippen molar-refractivity contribution in [2.75, 3.05) is 25.7 Å². The van der Waals surface area contributed by atoms with Gasteiger partial charge in [0.1, 0.15) is 5.60 Å². The number of carbonyl (C=O) groups excluding carboxylic acids is 1. The molecule has 0 saturated carbocycles. The third kappa shape index (κ3) is 10.0. The van der Waals surface area contributed by atoms with Crippen LogP contribution in [0.4, 0.5) is 4.79 Å². The van der Waals surface area contributed by atoms with Gasteiger partial charge in [-0.25, -0.2) is 4.79 Å². The second kappa shape index (κ2) is 8.28. The number of carbonyl (C=O) groups is 1. The minimum absolute atomic E-state index is 0.214. The molecule has 0 fully saturated rings. The zero-order valence-corrected chi connectivity index (χ0v) is 16.0. The Morgan fingerprint density at radius 1 is 1.00 bits per heavy atom. The molecule has 1 N–H and O–H groups in total. The molecule has 0 radical (unpaired) electrons. The molecule has 128 valence electrons. The molecular weight excluding hydrogens is 286 g/mol. The number of alkyl carbamates (subject to hydrolysis) is 1. The molecule has 4 nitrogen and oxygen atoms in total. The second-order valence-corrected chi connectivity index (χ2v) is 11.6. The Kier molecular flexibility index (Phi) is 8.11. The summed E-state index contributed by atoms with van der Waals surface area (Å²) in [5.74, 6) is 0. The van der Waals surface area contributed by atoms with Crippen LogP contribution in [0.3, 0.4) is 0 Å². The van der Waals surface area contributed by atoms with Crippen molar-refractivity contribution in [1.82, 2.24) is 5.32 Å². The van der Waals surface area contributed by atoms with Crippen molar-refractivity contribution in [3.05, 3.63) is 0 Å². The molecule has 0 heterocycles. The largest absolute Gasteiger partial charge is 0.444 e. The summed E-state index contributed by atoms with van der Waals surface area (Å²) in [6, 6.07) is 0. The van der Waals surface area contributed by atoms with Gasteiger partial charge in [-0.1, -0.05) is 20.8 Å². The van der Waals surface area contributed by atoms with Crippen molar-refractivity contribution in [2.24, 2.45) is 0 Å². The second-order valence-electron chi connectivity index (χ2n) is 7.66. The molecule has 0 aliphatic heterocycles. The molecular formula is C16H35NO3S. The van der Waals surface area contributed by atoms with E-state index in [0.717, 1.165) is 25.9 Å². The predicted molar refractivity (Wildman–Crippen MR) is 93.2 cm³/mol. The minimum atomic E-state index is -1.01. The van der Waals surface area contributed by atoms with Gasteiger partial charge in [0, 0.05) is 11.3 Å². The highest BCUT2D eigenvalue weighted by Crippen LogP contribution is 2.53. The summed E-state index contributed by atoms with van der Waals surface area (Å²) < 4.78 is 11.4. The highest BCUT2D eigenvalue weighted by atomic mass is 32.3. The number of amides is 1. The van der Waals surface area contributed by atoms with Crippen molar-refractivity contribution in [3.8, 4) is 0 Å². The lowest BCUT2D eigenvalue weighted by atomic mass is 10.2. The number of hydrogen-bond acceptors (Lipinski definition) is 3. The Morgan fingerprint density at radius 3 is 2.05 bits per heavy atom. The average molecular weight is 322 g/mol. The number of ether oxygens (including phenoxy) is 1. The van der Waals surface area contributed by atoms with Gasteiger partial charge in [0.15, 0.2) is 0 Å². The first-order chi connectivity index (χ1) is 9.35. The average Bonchev–Trinajstić information content (AvgIpc) is 2.23. The van der Waals surface area contributed by atoms with Crippen LogP contribution in [0.2, 0.25) is 0 Å².